The van der Waals surface area contributed by atoms with E-state index in [1.807, 2.05) is 47.5 Å². The smallest absolute Gasteiger partial charge is 0.248 e. The lowest BCUT2D eigenvalue weighted by molar-refractivity contribution is -0.131. The minimum absolute atomic E-state index is 0.135. The Bertz CT molecular complexity index is 955. The number of hydrogen-bond donors (Lipinski definition) is 2. The average molecular weight is 347 g/mol. The molecule has 1 fully saturated rings. The highest BCUT2D eigenvalue weighted by Gasteiger charge is 2.32. The largest absolute Gasteiger partial charge is 0.366 e. The lowest BCUT2D eigenvalue weighted by atomic mass is 10.1. The van der Waals surface area contributed by atoms with Crippen molar-refractivity contribution >= 4 is 22.7 Å². The van der Waals surface area contributed by atoms with Crippen LogP contribution in [0.1, 0.15) is 34.3 Å². The van der Waals surface area contributed by atoms with Gasteiger partial charge in [0.25, 0.3) is 0 Å². The van der Waals surface area contributed by atoms with Crippen LogP contribution in [0.4, 0.5) is 0 Å². The van der Waals surface area contributed by atoms with Gasteiger partial charge in [0.1, 0.15) is 0 Å². The SMILES string of the molecule is NC(=O)c1ccc(CN(C(=O)Cc2c[nH]c3ccccc23)C2CC2)cc1. The van der Waals surface area contributed by atoms with Gasteiger partial charge in [0.2, 0.25) is 11.8 Å². The number of benzene rings is 2. The molecule has 0 aliphatic heterocycles. The zero-order valence-electron chi connectivity index (χ0n) is 14.4. The number of rotatable bonds is 6. The number of hydrogen-bond acceptors (Lipinski definition) is 2. The van der Waals surface area contributed by atoms with Gasteiger partial charge in [0, 0.05) is 35.2 Å². The normalized spacial score (nSPS) is 13.7. The quantitative estimate of drug-likeness (QED) is 0.719. The highest BCUT2D eigenvalue weighted by Crippen LogP contribution is 2.30. The molecule has 2 aromatic carbocycles. The van der Waals surface area contributed by atoms with E-state index in [1.54, 1.807) is 12.1 Å². The summed E-state index contributed by atoms with van der Waals surface area (Å²) in [5.41, 5.74) is 8.86. The Morgan fingerprint density at radius 1 is 1.08 bits per heavy atom. The highest BCUT2D eigenvalue weighted by molar-refractivity contribution is 5.92. The van der Waals surface area contributed by atoms with Gasteiger partial charge in [-0.15, -0.1) is 0 Å². The maximum absolute atomic E-state index is 13.0. The van der Waals surface area contributed by atoms with Crippen LogP contribution in [-0.2, 0) is 17.8 Å². The predicted octanol–water partition coefficient (Wildman–Crippen LogP) is 3.00. The number of carbonyl (C=O) groups excluding carboxylic acids is 2. The maximum atomic E-state index is 13.0. The van der Waals surface area contributed by atoms with Crippen LogP contribution >= 0.6 is 0 Å². The first kappa shape index (κ1) is 16.4. The number of nitrogens with one attached hydrogen (secondary N) is 1. The van der Waals surface area contributed by atoms with Crippen LogP contribution in [0.25, 0.3) is 10.9 Å². The number of nitrogens with zero attached hydrogens (tertiary/aromatic N) is 1. The monoisotopic (exact) mass is 347 g/mol. The van der Waals surface area contributed by atoms with Gasteiger partial charge in [-0.05, 0) is 42.2 Å². The zero-order chi connectivity index (χ0) is 18.1. The predicted molar refractivity (Wildman–Crippen MR) is 101 cm³/mol. The molecule has 1 aromatic heterocycles. The number of aromatic nitrogens is 1. The molecule has 132 valence electrons. The fourth-order valence-corrected chi connectivity index (χ4v) is 3.32. The van der Waals surface area contributed by atoms with Gasteiger partial charge >= 0.3 is 0 Å². The molecule has 3 aromatic rings. The Balaban J connectivity index is 1.51. The van der Waals surface area contributed by atoms with E-state index in [9.17, 15) is 9.59 Å². The maximum Gasteiger partial charge on any atom is 0.248 e. The number of carbonyl (C=O) groups is 2. The van der Waals surface area contributed by atoms with Crippen LogP contribution in [0, 0.1) is 0 Å². The second-order valence-electron chi connectivity index (χ2n) is 6.85. The fraction of sp³-hybridized carbons (Fsp3) is 0.238. The van der Waals surface area contributed by atoms with Crippen molar-refractivity contribution in [2.45, 2.75) is 31.8 Å². The van der Waals surface area contributed by atoms with Gasteiger partial charge in [-0.25, -0.2) is 0 Å². The van der Waals surface area contributed by atoms with E-state index in [-0.39, 0.29) is 5.91 Å². The summed E-state index contributed by atoms with van der Waals surface area (Å²) in [5, 5.41) is 1.10. The summed E-state index contributed by atoms with van der Waals surface area (Å²) in [6.07, 6.45) is 4.42. The molecule has 5 nitrogen and oxygen atoms in total. The van der Waals surface area contributed by atoms with E-state index in [0.29, 0.717) is 24.6 Å². The first-order valence-corrected chi connectivity index (χ1v) is 8.85. The number of nitrogens with two attached hydrogens (primary N) is 1. The summed E-state index contributed by atoms with van der Waals surface area (Å²) in [5.74, 6) is -0.303. The van der Waals surface area contributed by atoms with Crippen LogP contribution in [0.5, 0.6) is 0 Å². The molecule has 0 spiro atoms. The van der Waals surface area contributed by atoms with Crippen molar-refractivity contribution in [3.8, 4) is 0 Å². The molecule has 1 saturated carbocycles. The van der Waals surface area contributed by atoms with E-state index in [0.717, 1.165) is 34.9 Å². The van der Waals surface area contributed by atoms with Crippen LogP contribution in [0.2, 0.25) is 0 Å². The number of amides is 2. The molecule has 1 aliphatic carbocycles. The van der Waals surface area contributed by atoms with Gasteiger partial charge < -0.3 is 15.6 Å². The molecule has 0 saturated heterocycles. The van der Waals surface area contributed by atoms with Crippen LogP contribution in [0.3, 0.4) is 0 Å². The van der Waals surface area contributed by atoms with Gasteiger partial charge in [0.05, 0.1) is 6.42 Å². The van der Waals surface area contributed by atoms with E-state index in [1.165, 1.54) is 0 Å². The Morgan fingerprint density at radius 3 is 2.50 bits per heavy atom. The summed E-state index contributed by atoms with van der Waals surface area (Å²) < 4.78 is 0. The molecule has 0 radical (unpaired) electrons. The average Bonchev–Trinajstić information content (AvgIpc) is 3.41. The van der Waals surface area contributed by atoms with E-state index in [4.69, 9.17) is 5.73 Å². The Hall–Kier alpha value is -3.08. The van der Waals surface area contributed by atoms with Crippen molar-refractivity contribution in [2.75, 3.05) is 0 Å². The lowest BCUT2D eigenvalue weighted by Crippen LogP contribution is -2.33. The number of primary amides is 1. The zero-order valence-corrected chi connectivity index (χ0v) is 14.4. The van der Waals surface area contributed by atoms with Crippen molar-refractivity contribution in [2.24, 2.45) is 5.73 Å². The Labute approximate surface area is 151 Å². The Kier molecular flexibility index (Phi) is 4.21. The number of para-hydroxylation sites is 1. The molecule has 0 unspecified atom stereocenters. The topological polar surface area (TPSA) is 79.2 Å². The second-order valence-corrected chi connectivity index (χ2v) is 6.85. The van der Waals surface area contributed by atoms with Crippen molar-refractivity contribution in [3.05, 3.63) is 71.4 Å². The van der Waals surface area contributed by atoms with Crippen molar-refractivity contribution in [1.82, 2.24) is 9.88 Å². The summed E-state index contributed by atoms with van der Waals surface area (Å²) in [6.45, 7) is 0.560. The molecule has 1 aliphatic rings. The van der Waals surface area contributed by atoms with Gasteiger partial charge in [-0.2, -0.15) is 0 Å². The third-order valence-electron chi connectivity index (χ3n) is 4.92. The second kappa shape index (κ2) is 6.67. The Morgan fingerprint density at radius 2 is 1.81 bits per heavy atom. The molecule has 4 rings (SSSR count). The molecule has 0 bridgehead atoms. The molecule has 1 heterocycles. The molecular formula is C21H21N3O2. The molecule has 3 N–H and O–H groups in total. The van der Waals surface area contributed by atoms with Crippen molar-refractivity contribution in [3.63, 3.8) is 0 Å². The van der Waals surface area contributed by atoms with Crippen molar-refractivity contribution < 1.29 is 9.59 Å². The first-order valence-electron chi connectivity index (χ1n) is 8.85. The summed E-state index contributed by atoms with van der Waals surface area (Å²) in [6, 6.07) is 15.5. The van der Waals surface area contributed by atoms with Crippen LogP contribution in [-0.4, -0.2) is 27.7 Å². The molecular weight excluding hydrogens is 326 g/mol. The highest BCUT2D eigenvalue weighted by atomic mass is 16.2. The molecule has 0 atom stereocenters. The lowest BCUT2D eigenvalue weighted by Gasteiger charge is -2.22. The third kappa shape index (κ3) is 3.33. The van der Waals surface area contributed by atoms with Gasteiger partial charge in [-0.1, -0.05) is 30.3 Å². The van der Waals surface area contributed by atoms with Gasteiger partial charge in [-0.3, -0.25) is 9.59 Å². The van der Waals surface area contributed by atoms with Crippen molar-refractivity contribution in [1.29, 1.82) is 0 Å². The third-order valence-corrected chi connectivity index (χ3v) is 4.92. The van der Waals surface area contributed by atoms with Gasteiger partial charge in [0.15, 0.2) is 0 Å². The summed E-state index contributed by atoms with van der Waals surface area (Å²) >= 11 is 0. The van der Waals surface area contributed by atoms with Crippen LogP contribution < -0.4 is 5.73 Å². The van der Waals surface area contributed by atoms with Crippen LogP contribution in [0.15, 0.2) is 54.7 Å². The molecule has 5 heteroatoms. The minimum atomic E-state index is -0.439. The number of fused-ring (bicyclic) bond motifs is 1. The summed E-state index contributed by atoms with van der Waals surface area (Å²) in [7, 11) is 0. The standard InChI is InChI=1S/C21H21N3O2/c22-21(26)15-7-5-14(6-8-15)13-24(17-9-10-17)20(25)11-16-12-23-19-4-2-1-3-18(16)19/h1-8,12,17,23H,9-11,13H2,(H2,22,26). The molecule has 2 amide bonds. The summed E-state index contributed by atoms with van der Waals surface area (Å²) in [4.78, 5) is 29.3. The number of H-pyrrole nitrogens is 1. The fourth-order valence-electron chi connectivity index (χ4n) is 3.32. The number of aromatic amines is 1. The van der Waals surface area contributed by atoms with E-state index >= 15 is 0 Å². The first-order chi connectivity index (χ1) is 12.6. The van der Waals surface area contributed by atoms with E-state index < -0.39 is 5.91 Å². The molecule has 26 heavy (non-hydrogen) atoms. The van der Waals surface area contributed by atoms with E-state index in [2.05, 4.69) is 4.98 Å². The minimum Gasteiger partial charge on any atom is -0.366 e.